The number of rotatable bonds is 5. The van der Waals surface area contributed by atoms with Crippen LogP contribution in [0.25, 0.3) is 0 Å². The third kappa shape index (κ3) is 3.95. The van der Waals surface area contributed by atoms with Crippen LogP contribution in [0.5, 0.6) is 0 Å². The van der Waals surface area contributed by atoms with Gasteiger partial charge in [0.25, 0.3) is 0 Å². The number of amides is 1. The fraction of sp³-hybridized carbons (Fsp3) is 0.333. The minimum atomic E-state index is 0.0115. The Morgan fingerprint density at radius 2 is 2.00 bits per heavy atom. The van der Waals surface area contributed by atoms with Crippen molar-refractivity contribution >= 4 is 11.6 Å². The Morgan fingerprint density at radius 3 is 2.58 bits per heavy atom. The fourth-order valence-corrected chi connectivity index (χ4v) is 1.85. The number of anilines is 1. The third-order valence-corrected chi connectivity index (χ3v) is 2.99. The first kappa shape index (κ1) is 13.3. The molecule has 2 aromatic rings. The van der Waals surface area contributed by atoms with Crippen molar-refractivity contribution in [2.45, 2.75) is 33.2 Å². The van der Waals surface area contributed by atoms with Gasteiger partial charge in [-0.2, -0.15) is 5.10 Å². The SMILES string of the molecule is CCc1ccc(NC(=O)CCn2ccc(C)n2)cc1. The molecule has 19 heavy (non-hydrogen) atoms. The molecular weight excluding hydrogens is 238 g/mol. The van der Waals surface area contributed by atoms with Gasteiger partial charge in [-0.25, -0.2) is 0 Å². The molecular formula is C15H19N3O. The predicted octanol–water partition coefficient (Wildman–Crippen LogP) is 2.78. The number of aryl methyl sites for hydroxylation is 3. The largest absolute Gasteiger partial charge is 0.326 e. The van der Waals surface area contributed by atoms with Gasteiger partial charge in [0.1, 0.15) is 0 Å². The topological polar surface area (TPSA) is 46.9 Å². The van der Waals surface area contributed by atoms with Crippen molar-refractivity contribution in [2.75, 3.05) is 5.32 Å². The highest BCUT2D eigenvalue weighted by atomic mass is 16.1. The van der Waals surface area contributed by atoms with E-state index in [1.165, 1.54) is 5.56 Å². The molecule has 0 unspecified atom stereocenters. The summed E-state index contributed by atoms with van der Waals surface area (Å²) in [7, 11) is 0. The number of benzene rings is 1. The van der Waals surface area contributed by atoms with Crippen molar-refractivity contribution < 1.29 is 4.79 Å². The van der Waals surface area contributed by atoms with Crippen LogP contribution >= 0.6 is 0 Å². The molecule has 0 aliphatic carbocycles. The minimum Gasteiger partial charge on any atom is -0.326 e. The van der Waals surface area contributed by atoms with E-state index in [-0.39, 0.29) is 5.91 Å². The second-order valence-electron chi connectivity index (χ2n) is 4.57. The molecule has 0 atom stereocenters. The van der Waals surface area contributed by atoms with E-state index in [9.17, 15) is 4.79 Å². The molecule has 1 heterocycles. The van der Waals surface area contributed by atoms with Crippen molar-refractivity contribution in [2.24, 2.45) is 0 Å². The smallest absolute Gasteiger partial charge is 0.226 e. The van der Waals surface area contributed by atoms with Crippen LogP contribution < -0.4 is 5.32 Å². The zero-order valence-electron chi connectivity index (χ0n) is 11.4. The summed E-state index contributed by atoms with van der Waals surface area (Å²) < 4.78 is 1.79. The lowest BCUT2D eigenvalue weighted by atomic mass is 10.1. The van der Waals surface area contributed by atoms with Crippen LogP contribution in [0.15, 0.2) is 36.5 Å². The van der Waals surface area contributed by atoms with Gasteiger partial charge in [-0.3, -0.25) is 9.48 Å². The third-order valence-electron chi connectivity index (χ3n) is 2.99. The van der Waals surface area contributed by atoms with E-state index in [4.69, 9.17) is 0 Å². The van der Waals surface area contributed by atoms with Crippen molar-refractivity contribution in [3.63, 3.8) is 0 Å². The van der Waals surface area contributed by atoms with E-state index in [2.05, 4.69) is 17.3 Å². The van der Waals surface area contributed by atoms with E-state index >= 15 is 0 Å². The molecule has 0 aliphatic heterocycles. The summed E-state index contributed by atoms with van der Waals surface area (Å²) in [6.45, 7) is 4.65. The molecule has 1 aromatic heterocycles. The molecule has 4 nitrogen and oxygen atoms in total. The molecule has 0 radical (unpaired) electrons. The van der Waals surface area contributed by atoms with Gasteiger partial charge in [0, 0.05) is 24.8 Å². The summed E-state index contributed by atoms with van der Waals surface area (Å²) in [5.41, 5.74) is 3.08. The van der Waals surface area contributed by atoms with Gasteiger partial charge in [0.05, 0.1) is 5.69 Å². The summed E-state index contributed by atoms with van der Waals surface area (Å²) in [4.78, 5) is 11.8. The Hall–Kier alpha value is -2.10. The fourth-order valence-electron chi connectivity index (χ4n) is 1.85. The maximum absolute atomic E-state index is 11.8. The maximum Gasteiger partial charge on any atom is 0.226 e. The standard InChI is InChI=1S/C15H19N3O/c1-3-13-4-6-14(7-5-13)16-15(19)9-11-18-10-8-12(2)17-18/h4-8,10H,3,9,11H2,1-2H3,(H,16,19). The summed E-state index contributed by atoms with van der Waals surface area (Å²) in [6, 6.07) is 9.88. The van der Waals surface area contributed by atoms with Crippen LogP contribution in [0.4, 0.5) is 5.69 Å². The second-order valence-corrected chi connectivity index (χ2v) is 4.57. The first-order valence-electron chi connectivity index (χ1n) is 6.56. The average Bonchev–Trinajstić information content (AvgIpc) is 2.83. The van der Waals surface area contributed by atoms with Crippen LogP contribution in [0, 0.1) is 6.92 Å². The number of carbonyl (C=O) groups is 1. The molecule has 100 valence electrons. The Balaban J connectivity index is 1.83. The zero-order valence-corrected chi connectivity index (χ0v) is 11.4. The van der Waals surface area contributed by atoms with Gasteiger partial charge in [0.15, 0.2) is 0 Å². The van der Waals surface area contributed by atoms with Crippen LogP contribution in [0.2, 0.25) is 0 Å². The molecule has 0 saturated carbocycles. The number of aromatic nitrogens is 2. The van der Waals surface area contributed by atoms with Crippen LogP contribution in [-0.2, 0) is 17.8 Å². The van der Waals surface area contributed by atoms with E-state index in [1.54, 1.807) is 4.68 Å². The normalized spacial score (nSPS) is 10.4. The molecule has 0 bridgehead atoms. The average molecular weight is 257 g/mol. The molecule has 1 N–H and O–H groups in total. The zero-order chi connectivity index (χ0) is 13.7. The summed E-state index contributed by atoms with van der Waals surface area (Å²) >= 11 is 0. The Kier molecular flexibility index (Phi) is 4.34. The lowest BCUT2D eigenvalue weighted by Crippen LogP contribution is -2.14. The number of nitrogens with zero attached hydrogens (tertiary/aromatic N) is 2. The van der Waals surface area contributed by atoms with Crippen LogP contribution in [0.3, 0.4) is 0 Å². The molecule has 1 amide bonds. The quantitative estimate of drug-likeness (QED) is 0.895. The van der Waals surface area contributed by atoms with Gasteiger partial charge in [-0.15, -0.1) is 0 Å². The highest BCUT2D eigenvalue weighted by molar-refractivity contribution is 5.90. The van der Waals surface area contributed by atoms with Gasteiger partial charge in [-0.1, -0.05) is 19.1 Å². The molecule has 4 heteroatoms. The number of nitrogens with one attached hydrogen (secondary N) is 1. The molecule has 0 aliphatic rings. The molecule has 0 fully saturated rings. The van der Waals surface area contributed by atoms with Crippen molar-refractivity contribution in [3.05, 3.63) is 47.8 Å². The van der Waals surface area contributed by atoms with Crippen molar-refractivity contribution in [3.8, 4) is 0 Å². The van der Waals surface area contributed by atoms with Crippen molar-refractivity contribution in [1.29, 1.82) is 0 Å². The van der Waals surface area contributed by atoms with Crippen molar-refractivity contribution in [1.82, 2.24) is 9.78 Å². The monoisotopic (exact) mass is 257 g/mol. The summed E-state index contributed by atoms with van der Waals surface area (Å²) in [5.74, 6) is 0.0115. The van der Waals surface area contributed by atoms with Gasteiger partial charge < -0.3 is 5.32 Å². The first-order chi connectivity index (χ1) is 9.17. The summed E-state index contributed by atoms with van der Waals surface area (Å²) in [5, 5.41) is 7.14. The predicted molar refractivity (Wildman–Crippen MR) is 76.0 cm³/mol. The molecule has 2 rings (SSSR count). The molecule has 0 saturated heterocycles. The minimum absolute atomic E-state index is 0.0115. The number of hydrogen-bond acceptors (Lipinski definition) is 2. The van der Waals surface area contributed by atoms with Gasteiger partial charge >= 0.3 is 0 Å². The van der Waals surface area contributed by atoms with Crippen LogP contribution in [-0.4, -0.2) is 15.7 Å². The lowest BCUT2D eigenvalue weighted by molar-refractivity contribution is -0.116. The van der Waals surface area contributed by atoms with Crippen LogP contribution in [0.1, 0.15) is 24.6 Å². The number of carbonyl (C=O) groups excluding carboxylic acids is 1. The number of hydrogen-bond donors (Lipinski definition) is 1. The maximum atomic E-state index is 11.8. The lowest BCUT2D eigenvalue weighted by Gasteiger charge is -2.06. The van der Waals surface area contributed by atoms with E-state index in [0.717, 1.165) is 17.8 Å². The molecule has 0 spiro atoms. The van der Waals surface area contributed by atoms with E-state index < -0.39 is 0 Å². The first-order valence-corrected chi connectivity index (χ1v) is 6.56. The van der Waals surface area contributed by atoms with Gasteiger partial charge in [0.2, 0.25) is 5.91 Å². The van der Waals surface area contributed by atoms with E-state index in [1.807, 2.05) is 43.5 Å². The molecule has 1 aromatic carbocycles. The Morgan fingerprint density at radius 1 is 1.26 bits per heavy atom. The Labute approximate surface area is 113 Å². The summed E-state index contributed by atoms with van der Waals surface area (Å²) in [6.07, 6.45) is 3.32. The highest BCUT2D eigenvalue weighted by Crippen LogP contribution is 2.10. The second kappa shape index (κ2) is 6.18. The highest BCUT2D eigenvalue weighted by Gasteiger charge is 2.03. The van der Waals surface area contributed by atoms with E-state index in [0.29, 0.717) is 13.0 Å². The van der Waals surface area contributed by atoms with Gasteiger partial charge in [-0.05, 0) is 37.1 Å². The Bertz CT molecular complexity index is 543.